The van der Waals surface area contributed by atoms with E-state index in [1.165, 1.54) is 79.2 Å². The van der Waals surface area contributed by atoms with E-state index in [2.05, 4.69) is 18.0 Å². The lowest BCUT2D eigenvalue weighted by atomic mass is 9.92. The van der Waals surface area contributed by atoms with Gasteiger partial charge in [-0.3, -0.25) is 0 Å². The summed E-state index contributed by atoms with van der Waals surface area (Å²) in [4.78, 5) is 0. The summed E-state index contributed by atoms with van der Waals surface area (Å²) in [6.45, 7) is 0. The quantitative estimate of drug-likeness (QED) is 0.481. The highest BCUT2D eigenvalue weighted by Crippen LogP contribution is 2.40. The number of hydrogen-bond donors (Lipinski definition) is 0. The molecule has 95 valence electrons. The topological polar surface area (TPSA) is 0 Å². The smallest absolute Gasteiger partial charge is 0.0151 e. The van der Waals surface area contributed by atoms with Gasteiger partial charge in [-0.25, -0.2) is 0 Å². The predicted molar refractivity (Wildman–Crippen MR) is 78.4 cm³/mol. The van der Waals surface area contributed by atoms with E-state index in [4.69, 9.17) is 0 Å². The van der Waals surface area contributed by atoms with Crippen molar-refractivity contribution in [3.63, 3.8) is 0 Å². The van der Waals surface area contributed by atoms with E-state index >= 15 is 0 Å². The Kier molecular flexibility index (Phi) is 6.35. The fraction of sp³-hybridized carbons (Fsp3) is 0.750. The molecule has 0 atom stereocenters. The minimum absolute atomic E-state index is 0.895. The van der Waals surface area contributed by atoms with E-state index in [-0.39, 0.29) is 0 Å². The second-order valence-electron chi connectivity index (χ2n) is 5.52. The maximum Gasteiger partial charge on any atom is -0.0151 e. The molecule has 0 aromatic rings. The van der Waals surface area contributed by atoms with Crippen LogP contribution in [-0.4, -0.2) is 0 Å². The molecule has 0 aromatic carbocycles. The summed E-state index contributed by atoms with van der Waals surface area (Å²) >= 11 is 0. The van der Waals surface area contributed by atoms with Crippen LogP contribution in [-0.2, 0) is 0 Å². The Morgan fingerprint density at radius 3 is 1.76 bits per heavy atom. The highest BCUT2D eigenvalue weighted by molar-refractivity contribution is 7.47. The fourth-order valence-electron chi connectivity index (χ4n) is 3.01. The van der Waals surface area contributed by atoms with Crippen molar-refractivity contribution in [3.8, 4) is 0 Å². The summed E-state index contributed by atoms with van der Waals surface area (Å²) in [6, 6.07) is 0. The molecule has 0 nitrogen and oxygen atoms in total. The van der Waals surface area contributed by atoms with E-state index in [1.54, 1.807) is 5.31 Å². The zero-order valence-electron chi connectivity index (χ0n) is 11.0. The lowest BCUT2D eigenvalue weighted by Gasteiger charge is -2.18. The Balaban J connectivity index is 1.80. The average Bonchev–Trinajstić information content (AvgIpc) is 2.83. The summed E-state index contributed by atoms with van der Waals surface area (Å²) in [7, 11) is 1.48. The monoisotopic (exact) mass is 249 g/mol. The first-order chi connectivity index (χ1) is 8.47. The van der Waals surface area contributed by atoms with Crippen LogP contribution in [0, 0.1) is 5.92 Å². The molecule has 0 bridgehead atoms. The third-order valence-corrected chi connectivity index (χ3v) is 5.23. The second kappa shape index (κ2) is 8.09. The normalized spacial score (nSPS) is 26.5. The first-order valence-electron chi connectivity index (χ1n) is 7.54. The molecule has 1 aliphatic heterocycles. The van der Waals surface area contributed by atoms with Gasteiger partial charge in [-0.1, -0.05) is 75.8 Å². The first-order valence-corrected chi connectivity index (χ1v) is 8.51. The Hall–Kier alpha value is -0.0900. The summed E-state index contributed by atoms with van der Waals surface area (Å²) in [5.41, 5.74) is 0. The van der Waals surface area contributed by atoms with Crippen LogP contribution < -0.4 is 0 Å². The van der Waals surface area contributed by atoms with Gasteiger partial charge in [0.05, 0.1) is 0 Å². The highest BCUT2D eigenvalue weighted by Gasteiger charge is 2.15. The lowest BCUT2D eigenvalue weighted by Crippen LogP contribution is -2.02. The fourth-order valence-corrected chi connectivity index (χ4v) is 4.00. The molecular formula is C16H26P. The minimum Gasteiger partial charge on any atom is -0.0608 e. The van der Waals surface area contributed by atoms with Gasteiger partial charge in [-0.15, -0.1) is 0 Å². The SMILES string of the molecule is C1=C[P]C(C2CCCCCCCCCCC2)=C1. The van der Waals surface area contributed by atoms with E-state index in [0.717, 1.165) is 5.92 Å². The maximum absolute atomic E-state index is 2.37. The third-order valence-electron chi connectivity index (χ3n) is 4.10. The number of allylic oxidation sites excluding steroid dienone is 3. The molecule has 0 unspecified atom stereocenters. The predicted octanol–water partition coefficient (Wildman–Crippen LogP) is 6.26. The molecule has 1 aliphatic carbocycles. The van der Waals surface area contributed by atoms with Gasteiger partial charge in [0, 0.05) is 0 Å². The molecule has 2 rings (SSSR count). The van der Waals surface area contributed by atoms with Crippen molar-refractivity contribution < 1.29 is 0 Å². The van der Waals surface area contributed by atoms with Crippen molar-refractivity contribution in [1.82, 2.24) is 0 Å². The summed E-state index contributed by atoms with van der Waals surface area (Å²) in [6.07, 6.45) is 20.7. The molecule has 1 heterocycles. The van der Waals surface area contributed by atoms with Crippen LogP contribution in [0.5, 0.6) is 0 Å². The summed E-state index contributed by atoms with van der Waals surface area (Å²) < 4.78 is 0. The number of rotatable bonds is 1. The van der Waals surface area contributed by atoms with Crippen molar-refractivity contribution in [2.75, 3.05) is 0 Å². The molecule has 0 saturated heterocycles. The zero-order valence-corrected chi connectivity index (χ0v) is 11.9. The Bertz CT molecular complexity index is 253. The number of hydrogen-bond acceptors (Lipinski definition) is 0. The minimum atomic E-state index is 0.895. The van der Waals surface area contributed by atoms with E-state index in [9.17, 15) is 0 Å². The van der Waals surface area contributed by atoms with Crippen molar-refractivity contribution in [1.29, 1.82) is 0 Å². The molecule has 1 saturated carbocycles. The van der Waals surface area contributed by atoms with Crippen molar-refractivity contribution in [3.05, 3.63) is 23.3 Å². The highest BCUT2D eigenvalue weighted by atomic mass is 31.1. The molecular weight excluding hydrogens is 223 g/mol. The maximum atomic E-state index is 2.37. The molecule has 0 amide bonds. The van der Waals surface area contributed by atoms with Gasteiger partial charge in [0.15, 0.2) is 0 Å². The van der Waals surface area contributed by atoms with Gasteiger partial charge in [0.2, 0.25) is 0 Å². The van der Waals surface area contributed by atoms with Gasteiger partial charge in [-0.05, 0) is 32.7 Å². The molecule has 1 fully saturated rings. The molecule has 0 N–H and O–H groups in total. The first kappa shape index (κ1) is 13.3. The molecule has 1 radical (unpaired) electrons. The van der Waals surface area contributed by atoms with E-state index in [1.807, 2.05) is 0 Å². The van der Waals surface area contributed by atoms with Crippen LogP contribution in [0.1, 0.15) is 70.6 Å². The van der Waals surface area contributed by atoms with Gasteiger partial charge in [-0.2, -0.15) is 0 Å². The van der Waals surface area contributed by atoms with Gasteiger partial charge >= 0.3 is 0 Å². The molecule has 2 aliphatic rings. The Morgan fingerprint density at radius 1 is 0.765 bits per heavy atom. The Morgan fingerprint density at radius 2 is 1.29 bits per heavy atom. The van der Waals surface area contributed by atoms with Crippen LogP contribution in [0.15, 0.2) is 23.3 Å². The Labute approximate surface area is 109 Å². The van der Waals surface area contributed by atoms with Gasteiger partial charge in [0.1, 0.15) is 0 Å². The van der Waals surface area contributed by atoms with Crippen molar-refractivity contribution in [2.24, 2.45) is 5.92 Å². The van der Waals surface area contributed by atoms with Crippen LogP contribution in [0.3, 0.4) is 0 Å². The summed E-state index contributed by atoms with van der Waals surface area (Å²) in [5.74, 6) is 3.19. The van der Waals surface area contributed by atoms with E-state index in [0.29, 0.717) is 0 Å². The van der Waals surface area contributed by atoms with Crippen LogP contribution in [0.25, 0.3) is 0 Å². The lowest BCUT2D eigenvalue weighted by molar-refractivity contribution is 0.446. The van der Waals surface area contributed by atoms with Crippen LogP contribution in [0.4, 0.5) is 0 Å². The van der Waals surface area contributed by atoms with E-state index < -0.39 is 0 Å². The largest absolute Gasteiger partial charge is 0.0608 e. The van der Waals surface area contributed by atoms with Crippen LogP contribution in [0.2, 0.25) is 0 Å². The molecule has 0 spiro atoms. The summed E-state index contributed by atoms with van der Waals surface area (Å²) in [5, 5.41) is 1.70. The molecule has 1 heteroatoms. The van der Waals surface area contributed by atoms with Crippen molar-refractivity contribution >= 4 is 8.58 Å². The van der Waals surface area contributed by atoms with Gasteiger partial charge in [0.25, 0.3) is 0 Å². The molecule has 17 heavy (non-hydrogen) atoms. The van der Waals surface area contributed by atoms with Gasteiger partial charge < -0.3 is 0 Å². The van der Waals surface area contributed by atoms with Crippen molar-refractivity contribution in [2.45, 2.75) is 70.6 Å². The molecule has 0 aromatic heterocycles. The third kappa shape index (κ3) is 4.96. The zero-order chi connectivity index (χ0) is 11.8. The standard InChI is InChI=1S/C16H26P/c1-2-4-6-8-11-15(12-9-7-5-3-1)16-13-10-14-17-16/h10,13-15H,1-9,11-12H2. The second-order valence-corrected chi connectivity index (χ2v) is 6.59. The average molecular weight is 249 g/mol. The van der Waals surface area contributed by atoms with Crippen LogP contribution >= 0.6 is 8.58 Å².